The normalized spacial score (nSPS) is 10.2. The smallest absolute Gasteiger partial charge is 0.253 e. The first-order valence-corrected chi connectivity index (χ1v) is 6.44. The van der Waals surface area contributed by atoms with Crippen LogP contribution in [-0.2, 0) is 17.8 Å². The first kappa shape index (κ1) is 13.9. The molecule has 0 atom stereocenters. The topological polar surface area (TPSA) is 76.9 Å². The maximum absolute atomic E-state index is 11.8. The van der Waals surface area contributed by atoms with Crippen LogP contribution < -0.4 is 10.9 Å². The molecular weight excluding hydrogens is 256 g/mol. The fraction of sp³-hybridized carbons (Fsp3) is 0.286. The SMILES string of the molecule is CCCc1cc(=O)n(CC(=O)Nc2ccncc2)cn1. The molecule has 1 N–H and O–H groups in total. The Hall–Kier alpha value is -2.50. The number of hydrogen-bond acceptors (Lipinski definition) is 4. The fourth-order valence-electron chi connectivity index (χ4n) is 1.77. The molecule has 0 spiro atoms. The molecule has 0 aliphatic rings. The molecule has 0 bridgehead atoms. The molecule has 0 aromatic carbocycles. The number of pyridine rings is 1. The summed E-state index contributed by atoms with van der Waals surface area (Å²) >= 11 is 0. The maximum atomic E-state index is 11.8. The van der Waals surface area contributed by atoms with Crippen molar-refractivity contribution in [2.24, 2.45) is 0 Å². The van der Waals surface area contributed by atoms with Crippen LogP contribution in [0, 0.1) is 0 Å². The maximum Gasteiger partial charge on any atom is 0.253 e. The van der Waals surface area contributed by atoms with Crippen LogP contribution in [0.4, 0.5) is 5.69 Å². The number of nitrogens with one attached hydrogen (secondary N) is 1. The van der Waals surface area contributed by atoms with Gasteiger partial charge in [-0.2, -0.15) is 0 Å². The van der Waals surface area contributed by atoms with Gasteiger partial charge in [0.25, 0.3) is 5.56 Å². The molecule has 0 aliphatic heterocycles. The number of carbonyl (C=O) groups excluding carboxylic acids is 1. The summed E-state index contributed by atoms with van der Waals surface area (Å²) in [5.74, 6) is -0.275. The Morgan fingerprint density at radius 1 is 1.35 bits per heavy atom. The van der Waals surface area contributed by atoms with E-state index in [1.807, 2.05) is 6.92 Å². The third-order valence-electron chi connectivity index (χ3n) is 2.72. The highest BCUT2D eigenvalue weighted by atomic mass is 16.2. The van der Waals surface area contributed by atoms with Crippen LogP contribution in [0.2, 0.25) is 0 Å². The lowest BCUT2D eigenvalue weighted by molar-refractivity contribution is -0.116. The molecule has 1 amide bonds. The molecule has 0 unspecified atom stereocenters. The summed E-state index contributed by atoms with van der Waals surface area (Å²) in [4.78, 5) is 31.7. The van der Waals surface area contributed by atoms with Gasteiger partial charge in [-0.05, 0) is 18.6 Å². The van der Waals surface area contributed by atoms with Gasteiger partial charge in [0.2, 0.25) is 5.91 Å². The number of nitrogens with zero attached hydrogens (tertiary/aromatic N) is 3. The van der Waals surface area contributed by atoms with Crippen molar-refractivity contribution in [3.05, 3.63) is 53.0 Å². The summed E-state index contributed by atoms with van der Waals surface area (Å²) in [6.07, 6.45) is 6.28. The van der Waals surface area contributed by atoms with E-state index in [-0.39, 0.29) is 18.0 Å². The van der Waals surface area contributed by atoms with E-state index >= 15 is 0 Å². The average Bonchev–Trinajstić information content (AvgIpc) is 2.43. The zero-order valence-electron chi connectivity index (χ0n) is 11.2. The number of rotatable bonds is 5. The molecule has 6 heteroatoms. The highest BCUT2D eigenvalue weighted by molar-refractivity contribution is 5.90. The Kier molecular flexibility index (Phi) is 4.60. The second-order valence-corrected chi connectivity index (χ2v) is 4.38. The summed E-state index contributed by atoms with van der Waals surface area (Å²) in [6, 6.07) is 4.84. The summed E-state index contributed by atoms with van der Waals surface area (Å²) in [7, 11) is 0. The molecule has 0 radical (unpaired) electrons. The van der Waals surface area contributed by atoms with E-state index in [0.29, 0.717) is 5.69 Å². The molecule has 104 valence electrons. The monoisotopic (exact) mass is 272 g/mol. The van der Waals surface area contributed by atoms with Crippen LogP contribution in [0.5, 0.6) is 0 Å². The van der Waals surface area contributed by atoms with Crippen molar-refractivity contribution in [1.82, 2.24) is 14.5 Å². The van der Waals surface area contributed by atoms with E-state index in [2.05, 4.69) is 15.3 Å². The van der Waals surface area contributed by atoms with E-state index in [9.17, 15) is 9.59 Å². The van der Waals surface area contributed by atoms with Gasteiger partial charge >= 0.3 is 0 Å². The molecule has 2 aromatic heterocycles. The van der Waals surface area contributed by atoms with Crippen molar-refractivity contribution in [3.63, 3.8) is 0 Å². The van der Waals surface area contributed by atoms with Crippen molar-refractivity contribution in [2.45, 2.75) is 26.3 Å². The van der Waals surface area contributed by atoms with Crippen molar-refractivity contribution < 1.29 is 4.79 Å². The van der Waals surface area contributed by atoms with Crippen molar-refractivity contribution in [2.75, 3.05) is 5.32 Å². The first-order valence-electron chi connectivity index (χ1n) is 6.44. The Morgan fingerprint density at radius 2 is 2.10 bits per heavy atom. The minimum atomic E-state index is -0.275. The average molecular weight is 272 g/mol. The fourth-order valence-corrected chi connectivity index (χ4v) is 1.77. The molecule has 0 saturated heterocycles. The van der Waals surface area contributed by atoms with Crippen LogP contribution in [0.3, 0.4) is 0 Å². The molecule has 2 rings (SSSR count). The molecule has 0 saturated carbocycles. The third kappa shape index (κ3) is 3.74. The predicted octanol–water partition coefficient (Wildman–Crippen LogP) is 1.23. The lowest BCUT2D eigenvalue weighted by Crippen LogP contribution is -2.27. The molecule has 2 heterocycles. The first-order chi connectivity index (χ1) is 9.69. The number of hydrogen-bond donors (Lipinski definition) is 1. The minimum Gasteiger partial charge on any atom is -0.324 e. The van der Waals surface area contributed by atoms with Gasteiger partial charge in [0, 0.05) is 29.8 Å². The third-order valence-corrected chi connectivity index (χ3v) is 2.72. The highest BCUT2D eigenvalue weighted by Gasteiger charge is 2.06. The number of amides is 1. The lowest BCUT2D eigenvalue weighted by Gasteiger charge is -2.07. The van der Waals surface area contributed by atoms with Gasteiger partial charge in [-0.15, -0.1) is 0 Å². The molecule has 6 nitrogen and oxygen atoms in total. The van der Waals surface area contributed by atoms with E-state index in [4.69, 9.17) is 0 Å². The van der Waals surface area contributed by atoms with Gasteiger partial charge in [-0.3, -0.25) is 19.1 Å². The number of aryl methyl sites for hydroxylation is 1. The summed E-state index contributed by atoms with van der Waals surface area (Å²) in [5.41, 5.74) is 1.19. The Balaban J connectivity index is 2.03. The van der Waals surface area contributed by atoms with Crippen LogP contribution in [0.15, 0.2) is 41.7 Å². The summed E-state index contributed by atoms with van der Waals surface area (Å²) < 4.78 is 1.29. The van der Waals surface area contributed by atoms with Crippen molar-refractivity contribution in [1.29, 1.82) is 0 Å². The van der Waals surface area contributed by atoms with Crippen molar-refractivity contribution >= 4 is 11.6 Å². The number of carbonyl (C=O) groups is 1. The van der Waals surface area contributed by atoms with Gasteiger partial charge in [-0.25, -0.2) is 4.98 Å². The Morgan fingerprint density at radius 3 is 2.75 bits per heavy atom. The Bertz CT molecular complexity index is 637. The molecule has 2 aromatic rings. The van der Waals surface area contributed by atoms with Gasteiger partial charge in [0.1, 0.15) is 6.54 Å². The van der Waals surface area contributed by atoms with Crippen LogP contribution in [-0.4, -0.2) is 20.4 Å². The number of anilines is 1. The largest absolute Gasteiger partial charge is 0.324 e. The van der Waals surface area contributed by atoms with Gasteiger partial charge in [-0.1, -0.05) is 13.3 Å². The second-order valence-electron chi connectivity index (χ2n) is 4.38. The van der Waals surface area contributed by atoms with Crippen molar-refractivity contribution in [3.8, 4) is 0 Å². The molecule has 0 fully saturated rings. The van der Waals surface area contributed by atoms with E-state index < -0.39 is 0 Å². The lowest BCUT2D eigenvalue weighted by atomic mass is 10.2. The van der Waals surface area contributed by atoms with Crippen LogP contribution >= 0.6 is 0 Å². The van der Waals surface area contributed by atoms with E-state index in [0.717, 1.165) is 18.5 Å². The van der Waals surface area contributed by atoms with Crippen LogP contribution in [0.25, 0.3) is 0 Å². The van der Waals surface area contributed by atoms with E-state index in [1.54, 1.807) is 24.5 Å². The van der Waals surface area contributed by atoms with E-state index in [1.165, 1.54) is 17.0 Å². The highest BCUT2D eigenvalue weighted by Crippen LogP contribution is 2.03. The standard InChI is InChI=1S/C14H16N4O2/c1-2-3-12-8-14(20)18(10-16-12)9-13(19)17-11-4-6-15-7-5-11/h4-8,10H,2-3,9H2,1H3,(H,15,17,19). The quantitative estimate of drug-likeness (QED) is 0.888. The van der Waals surface area contributed by atoms with Gasteiger partial charge in [0.15, 0.2) is 0 Å². The molecule has 0 aliphatic carbocycles. The summed E-state index contributed by atoms with van der Waals surface area (Å²) in [5, 5.41) is 2.69. The Labute approximate surface area is 116 Å². The minimum absolute atomic E-state index is 0.0550. The van der Waals surface area contributed by atoms with Gasteiger partial charge in [0.05, 0.1) is 6.33 Å². The zero-order chi connectivity index (χ0) is 14.4. The van der Waals surface area contributed by atoms with Gasteiger partial charge < -0.3 is 5.32 Å². The second kappa shape index (κ2) is 6.60. The predicted molar refractivity (Wildman–Crippen MR) is 75.4 cm³/mol. The summed E-state index contributed by atoms with van der Waals surface area (Å²) in [6.45, 7) is 1.97. The number of aromatic nitrogens is 3. The molecule has 20 heavy (non-hydrogen) atoms. The van der Waals surface area contributed by atoms with Crippen LogP contribution in [0.1, 0.15) is 19.0 Å². The molecular formula is C14H16N4O2. The zero-order valence-corrected chi connectivity index (χ0v) is 11.2.